The third-order valence-electron chi connectivity index (χ3n) is 2.77. The molecule has 2 rings (SSSR count). The Kier molecular flexibility index (Phi) is 3.75. The second-order valence-electron chi connectivity index (χ2n) is 4.00. The van der Waals surface area contributed by atoms with Crippen molar-refractivity contribution in [1.29, 1.82) is 0 Å². The Labute approximate surface area is 117 Å². The number of aromatic nitrogens is 2. The van der Waals surface area contributed by atoms with Gasteiger partial charge in [-0.1, -0.05) is 17.7 Å². The quantitative estimate of drug-likeness (QED) is 0.856. The molecule has 0 radical (unpaired) electrons. The van der Waals surface area contributed by atoms with Crippen molar-refractivity contribution in [1.82, 2.24) is 9.78 Å². The highest BCUT2D eigenvalue weighted by atomic mass is 79.9. The molecule has 0 aliphatic heterocycles. The standard InChI is InChI=1S/C12H11BrClFN2O/c1-6-5-9(16-17(6)2)12(18)7-3-4-8(13)10(14)11(7)15/h3-5,12,18H,1-2H3. The minimum absolute atomic E-state index is 0.0424. The molecule has 0 bridgehead atoms. The summed E-state index contributed by atoms with van der Waals surface area (Å²) < 4.78 is 16.0. The van der Waals surface area contributed by atoms with Gasteiger partial charge in [0, 0.05) is 22.8 Å². The van der Waals surface area contributed by atoms with E-state index in [1.165, 1.54) is 6.07 Å². The number of hydrogen-bond acceptors (Lipinski definition) is 2. The van der Waals surface area contributed by atoms with Gasteiger partial charge in [-0.25, -0.2) is 4.39 Å². The molecule has 6 heteroatoms. The van der Waals surface area contributed by atoms with Gasteiger partial charge >= 0.3 is 0 Å². The molecule has 96 valence electrons. The van der Waals surface area contributed by atoms with E-state index in [9.17, 15) is 9.50 Å². The Morgan fingerprint density at radius 1 is 1.50 bits per heavy atom. The van der Waals surface area contributed by atoms with Gasteiger partial charge in [0.15, 0.2) is 0 Å². The molecule has 1 N–H and O–H groups in total. The van der Waals surface area contributed by atoms with Gasteiger partial charge in [0.05, 0.1) is 10.7 Å². The number of aryl methyl sites for hydroxylation is 2. The maximum atomic E-state index is 13.9. The molecule has 2 aromatic rings. The second-order valence-corrected chi connectivity index (χ2v) is 5.23. The number of rotatable bonds is 2. The summed E-state index contributed by atoms with van der Waals surface area (Å²) in [5.41, 5.74) is 1.39. The van der Waals surface area contributed by atoms with Crippen molar-refractivity contribution in [3.8, 4) is 0 Å². The van der Waals surface area contributed by atoms with E-state index in [1.807, 2.05) is 6.92 Å². The molecule has 0 fully saturated rings. The first kappa shape index (κ1) is 13.5. The normalized spacial score (nSPS) is 12.8. The van der Waals surface area contributed by atoms with E-state index < -0.39 is 11.9 Å². The number of nitrogens with zero attached hydrogens (tertiary/aromatic N) is 2. The molecule has 1 heterocycles. The number of halogens is 3. The molecular formula is C12H11BrClFN2O. The van der Waals surface area contributed by atoms with Crippen molar-refractivity contribution in [2.75, 3.05) is 0 Å². The molecule has 1 aromatic heterocycles. The van der Waals surface area contributed by atoms with Gasteiger partial charge in [-0.05, 0) is 35.0 Å². The summed E-state index contributed by atoms with van der Waals surface area (Å²) in [4.78, 5) is 0. The van der Waals surface area contributed by atoms with Crippen molar-refractivity contribution >= 4 is 27.5 Å². The minimum Gasteiger partial charge on any atom is -0.382 e. The highest BCUT2D eigenvalue weighted by molar-refractivity contribution is 9.10. The van der Waals surface area contributed by atoms with Crippen LogP contribution in [0.1, 0.15) is 23.1 Å². The van der Waals surface area contributed by atoms with Gasteiger partial charge in [0.1, 0.15) is 11.9 Å². The number of benzene rings is 1. The maximum absolute atomic E-state index is 13.9. The van der Waals surface area contributed by atoms with Crippen molar-refractivity contribution in [2.24, 2.45) is 7.05 Å². The van der Waals surface area contributed by atoms with Crippen LogP contribution in [0.15, 0.2) is 22.7 Å². The zero-order valence-corrected chi connectivity index (χ0v) is 12.1. The summed E-state index contributed by atoms with van der Waals surface area (Å²) >= 11 is 8.92. The zero-order valence-electron chi connectivity index (χ0n) is 9.78. The summed E-state index contributed by atoms with van der Waals surface area (Å²) in [6, 6.07) is 4.79. The first-order valence-corrected chi connectivity index (χ1v) is 6.41. The fraction of sp³-hybridized carbons (Fsp3) is 0.250. The van der Waals surface area contributed by atoms with Gasteiger partial charge < -0.3 is 5.11 Å². The molecule has 0 saturated carbocycles. The van der Waals surface area contributed by atoms with E-state index in [4.69, 9.17) is 11.6 Å². The molecule has 0 aliphatic carbocycles. The topological polar surface area (TPSA) is 38.1 Å². The third kappa shape index (κ3) is 2.30. The Bertz CT molecular complexity index is 581. The monoisotopic (exact) mass is 332 g/mol. The van der Waals surface area contributed by atoms with E-state index in [2.05, 4.69) is 21.0 Å². The van der Waals surface area contributed by atoms with Gasteiger partial charge in [0.2, 0.25) is 0 Å². The highest BCUT2D eigenvalue weighted by Crippen LogP contribution is 2.32. The van der Waals surface area contributed by atoms with Crippen molar-refractivity contribution in [2.45, 2.75) is 13.0 Å². The molecule has 1 atom stereocenters. The Morgan fingerprint density at radius 2 is 2.17 bits per heavy atom. The van der Waals surface area contributed by atoms with Crippen LogP contribution in [0.25, 0.3) is 0 Å². The van der Waals surface area contributed by atoms with Gasteiger partial charge in [-0.3, -0.25) is 4.68 Å². The van der Waals surface area contributed by atoms with Crippen LogP contribution in [-0.2, 0) is 7.05 Å². The van der Waals surface area contributed by atoms with Crippen LogP contribution >= 0.6 is 27.5 Å². The lowest BCUT2D eigenvalue weighted by molar-refractivity contribution is 0.209. The van der Waals surface area contributed by atoms with Gasteiger partial charge in [-0.2, -0.15) is 5.10 Å². The lowest BCUT2D eigenvalue weighted by Gasteiger charge is -2.11. The number of hydrogen-bond donors (Lipinski definition) is 1. The van der Waals surface area contributed by atoms with E-state index in [0.717, 1.165) is 5.69 Å². The van der Waals surface area contributed by atoms with Crippen molar-refractivity contribution in [3.05, 3.63) is 50.5 Å². The summed E-state index contributed by atoms with van der Waals surface area (Å²) in [5.74, 6) is -0.637. The molecule has 1 aromatic carbocycles. The molecular weight excluding hydrogens is 322 g/mol. The smallest absolute Gasteiger partial charge is 0.149 e. The largest absolute Gasteiger partial charge is 0.382 e. The summed E-state index contributed by atoms with van der Waals surface area (Å²) in [6.07, 6.45) is -1.13. The number of aliphatic hydroxyl groups is 1. The first-order chi connectivity index (χ1) is 8.41. The third-order valence-corrected chi connectivity index (χ3v) is 4.03. The molecule has 18 heavy (non-hydrogen) atoms. The molecule has 0 amide bonds. The summed E-state index contributed by atoms with van der Waals surface area (Å²) in [7, 11) is 1.76. The predicted octanol–water partition coefficient (Wildman–Crippen LogP) is 3.37. The highest BCUT2D eigenvalue weighted by Gasteiger charge is 2.21. The van der Waals surface area contributed by atoms with E-state index in [-0.39, 0.29) is 10.6 Å². The Balaban J connectivity index is 2.46. The zero-order chi connectivity index (χ0) is 13.4. The van der Waals surface area contributed by atoms with Crippen LogP contribution in [0.3, 0.4) is 0 Å². The van der Waals surface area contributed by atoms with E-state index >= 15 is 0 Å². The van der Waals surface area contributed by atoms with Gasteiger partial charge in [0.25, 0.3) is 0 Å². The van der Waals surface area contributed by atoms with E-state index in [1.54, 1.807) is 23.9 Å². The average Bonchev–Trinajstić information content (AvgIpc) is 2.66. The summed E-state index contributed by atoms with van der Waals surface area (Å²) in [5, 5.41) is 14.2. The Morgan fingerprint density at radius 3 is 2.72 bits per heavy atom. The maximum Gasteiger partial charge on any atom is 0.149 e. The molecule has 0 saturated heterocycles. The summed E-state index contributed by atoms with van der Waals surface area (Å²) in [6.45, 7) is 1.86. The van der Waals surface area contributed by atoms with Crippen LogP contribution in [0.5, 0.6) is 0 Å². The molecule has 0 aliphatic rings. The molecule has 3 nitrogen and oxygen atoms in total. The van der Waals surface area contributed by atoms with Crippen LogP contribution in [0.2, 0.25) is 5.02 Å². The van der Waals surface area contributed by atoms with Crippen LogP contribution in [0.4, 0.5) is 4.39 Å². The van der Waals surface area contributed by atoms with E-state index in [0.29, 0.717) is 10.2 Å². The Hall–Kier alpha value is -0.910. The predicted molar refractivity (Wildman–Crippen MR) is 71.1 cm³/mol. The van der Waals surface area contributed by atoms with Gasteiger partial charge in [-0.15, -0.1) is 0 Å². The van der Waals surface area contributed by atoms with Crippen LogP contribution in [-0.4, -0.2) is 14.9 Å². The second kappa shape index (κ2) is 4.99. The minimum atomic E-state index is -1.13. The van der Waals surface area contributed by atoms with Crippen molar-refractivity contribution in [3.63, 3.8) is 0 Å². The lowest BCUT2D eigenvalue weighted by Crippen LogP contribution is -2.05. The van der Waals surface area contributed by atoms with Crippen molar-refractivity contribution < 1.29 is 9.50 Å². The molecule has 0 spiro atoms. The van der Waals surface area contributed by atoms with Crippen LogP contribution in [0, 0.1) is 12.7 Å². The van der Waals surface area contributed by atoms with Crippen LogP contribution < -0.4 is 0 Å². The first-order valence-electron chi connectivity index (χ1n) is 5.23. The SMILES string of the molecule is Cc1cc(C(O)c2ccc(Br)c(Cl)c2F)nn1C. The molecule has 1 unspecified atom stereocenters. The fourth-order valence-electron chi connectivity index (χ4n) is 1.63. The fourth-order valence-corrected chi connectivity index (χ4v) is 2.11. The lowest BCUT2D eigenvalue weighted by atomic mass is 10.1. The number of aliphatic hydroxyl groups excluding tert-OH is 1. The average molecular weight is 334 g/mol.